The molecule has 1 aliphatic rings. The van der Waals surface area contributed by atoms with Crippen LogP contribution in [0.3, 0.4) is 0 Å². The molecule has 32 heavy (non-hydrogen) atoms. The maximum atomic E-state index is 12.9. The molecule has 0 bridgehead atoms. The first-order valence-electron chi connectivity index (χ1n) is 9.83. The average molecular weight is 469 g/mol. The number of alkyl halides is 2. The lowest BCUT2D eigenvalue weighted by atomic mass is 10.0. The molecule has 1 fully saturated rings. The summed E-state index contributed by atoms with van der Waals surface area (Å²) < 4.78 is 39.5. The average Bonchev–Trinajstić information content (AvgIpc) is 2.80. The van der Waals surface area contributed by atoms with Crippen molar-refractivity contribution in [2.45, 2.75) is 12.7 Å². The third-order valence-corrected chi connectivity index (χ3v) is 5.46. The van der Waals surface area contributed by atoms with Gasteiger partial charge in [-0.15, -0.1) is 0 Å². The second kappa shape index (κ2) is 10.6. The Labute approximate surface area is 189 Å². The number of amides is 1. The Morgan fingerprint density at radius 3 is 2.19 bits per heavy atom. The van der Waals surface area contributed by atoms with E-state index in [4.69, 9.17) is 21.1 Å². The van der Waals surface area contributed by atoms with E-state index in [0.717, 1.165) is 5.56 Å². The van der Waals surface area contributed by atoms with E-state index in [9.17, 15) is 18.4 Å². The number of rotatable bonds is 7. The van der Waals surface area contributed by atoms with E-state index in [2.05, 4.69) is 4.74 Å². The van der Waals surface area contributed by atoms with E-state index in [1.807, 2.05) is 4.90 Å². The van der Waals surface area contributed by atoms with Crippen LogP contribution in [-0.4, -0.2) is 68.7 Å². The number of hydrogen-bond donors (Lipinski definition) is 0. The van der Waals surface area contributed by atoms with Gasteiger partial charge in [0.05, 0.1) is 14.2 Å². The first-order chi connectivity index (χ1) is 15.3. The Kier molecular flexibility index (Phi) is 7.87. The molecule has 1 unspecified atom stereocenters. The predicted molar refractivity (Wildman–Crippen MR) is 113 cm³/mol. The number of nitrogens with zero attached hydrogens (tertiary/aromatic N) is 2. The van der Waals surface area contributed by atoms with E-state index in [0.29, 0.717) is 36.8 Å². The third kappa shape index (κ3) is 5.46. The molecular formula is C22H23ClF2N2O5. The van der Waals surface area contributed by atoms with Gasteiger partial charge in [0.25, 0.3) is 5.91 Å². The normalized spacial score (nSPS) is 15.4. The molecule has 1 heterocycles. The quantitative estimate of drug-likeness (QED) is 0.578. The Hall–Kier alpha value is -2.91. The molecule has 1 atom stereocenters. The molecule has 3 rings (SSSR count). The fraction of sp³-hybridized carbons (Fsp3) is 0.364. The van der Waals surface area contributed by atoms with Crippen molar-refractivity contribution in [3.63, 3.8) is 0 Å². The fourth-order valence-electron chi connectivity index (χ4n) is 3.61. The van der Waals surface area contributed by atoms with Crippen molar-refractivity contribution in [3.8, 4) is 11.5 Å². The molecule has 1 saturated heterocycles. The number of hydrogen-bond acceptors (Lipinski definition) is 6. The monoisotopic (exact) mass is 468 g/mol. The van der Waals surface area contributed by atoms with Crippen LogP contribution in [0.4, 0.5) is 8.78 Å². The van der Waals surface area contributed by atoms with Crippen LogP contribution in [0.15, 0.2) is 42.5 Å². The van der Waals surface area contributed by atoms with Crippen LogP contribution in [0, 0.1) is 0 Å². The van der Waals surface area contributed by atoms with Gasteiger partial charge in [0.15, 0.2) is 11.5 Å². The minimum Gasteiger partial charge on any atom is -0.493 e. The second-order valence-electron chi connectivity index (χ2n) is 7.05. The Morgan fingerprint density at radius 2 is 1.62 bits per heavy atom. The Morgan fingerprint density at radius 1 is 0.969 bits per heavy atom. The maximum Gasteiger partial charge on any atom is 0.387 e. The van der Waals surface area contributed by atoms with Crippen LogP contribution in [0.5, 0.6) is 11.5 Å². The number of methoxy groups -OCH3 is 2. The highest BCUT2D eigenvalue weighted by molar-refractivity contribution is 6.30. The highest BCUT2D eigenvalue weighted by Gasteiger charge is 2.32. The molecule has 1 aliphatic heterocycles. The molecule has 2 aromatic carbocycles. The van der Waals surface area contributed by atoms with Crippen LogP contribution in [-0.2, 0) is 9.53 Å². The number of halogens is 3. The number of piperazine rings is 1. The minimum absolute atomic E-state index is 0.0447. The maximum absolute atomic E-state index is 12.9. The van der Waals surface area contributed by atoms with Crippen LogP contribution < -0.4 is 9.47 Å². The molecule has 1 amide bonds. The summed E-state index contributed by atoms with van der Waals surface area (Å²) in [6.07, 6.45) is 0. The first-order valence-corrected chi connectivity index (χ1v) is 10.2. The topological polar surface area (TPSA) is 68.3 Å². The molecule has 0 aliphatic carbocycles. The van der Waals surface area contributed by atoms with E-state index in [1.54, 1.807) is 29.2 Å². The van der Waals surface area contributed by atoms with Crippen molar-refractivity contribution in [1.82, 2.24) is 9.80 Å². The lowest BCUT2D eigenvalue weighted by Gasteiger charge is -2.38. The van der Waals surface area contributed by atoms with E-state index in [1.165, 1.54) is 32.4 Å². The summed E-state index contributed by atoms with van der Waals surface area (Å²) in [4.78, 5) is 29.0. The molecule has 172 valence electrons. The van der Waals surface area contributed by atoms with Gasteiger partial charge in [-0.3, -0.25) is 9.69 Å². The van der Waals surface area contributed by atoms with Gasteiger partial charge in [-0.1, -0.05) is 23.7 Å². The van der Waals surface area contributed by atoms with Gasteiger partial charge in [0.2, 0.25) is 0 Å². The van der Waals surface area contributed by atoms with Crippen molar-refractivity contribution in [1.29, 1.82) is 0 Å². The van der Waals surface area contributed by atoms with Gasteiger partial charge >= 0.3 is 12.6 Å². The summed E-state index contributed by atoms with van der Waals surface area (Å²) in [5.41, 5.74) is 1.04. The van der Waals surface area contributed by atoms with Crippen molar-refractivity contribution in [3.05, 3.63) is 58.6 Å². The summed E-state index contributed by atoms with van der Waals surface area (Å²) in [6, 6.07) is 10.4. The van der Waals surface area contributed by atoms with Gasteiger partial charge in [-0.25, -0.2) is 4.79 Å². The van der Waals surface area contributed by atoms with Crippen molar-refractivity contribution in [2.75, 3.05) is 40.4 Å². The molecule has 7 nitrogen and oxygen atoms in total. The number of carbonyl (C=O) groups excluding carboxylic acids is 2. The SMILES string of the molecule is COC(=O)C(c1ccc(Cl)cc1)N1CCN(C(=O)c2ccc(OC(F)F)c(OC)c2)CC1. The van der Waals surface area contributed by atoms with E-state index >= 15 is 0 Å². The lowest BCUT2D eigenvalue weighted by molar-refractivity contribution is -0.148. The number of carbonyl (C=O) groups is 2. The minimum atomic E-state index is -3.00. The highest BCUT2D eigenvalue weighted by Crippen LogP contribution is 2.30. The lowest BCUT2D eigenvalue weighted by Crippen LogP contribution is -2.51. The molecule has 2 aromatic rings. The zero-order valence-corrected chi connectivity index (χ0v) is 18.4. The van der Waals surface area contributed by atoms with E-state index in [-0.39, 0.29) is 17.4 Å². The summed E-state index contributed by atoms with van der Waals surface area (Å²) in [7, 11) is 2.64. The van der Waals surface area contributed by atoms with Crippen molar-refractivity contribution < 1.29 is 32.6 Å². The molecule has 0 aromatic heterocycles. The fourth-order valence-corrected chi connectivity index (χ4v) is 3.74. The second-order valence-corrected chi connectivity index (χ2v) is 7.49. The standard InChI is InChI=1S/C22H23ClF2N2O5/c1-30-18-13-15(5-8-17(18)32-22(24)25)20(28)27-11-9-26(10-12-27)19(21(29)31-2)14-3-6-16(23)7-4-14/h3-8,13,19,22H,9-12H2,1-2H3. The number of benzene rings is 2. The van der Waals surface area contributed by atoms with Gasteiger partial charge in [-0.05, 0) is 35.9 Å². The smallest absolute Gasteiger partial charge is 0.387 e. The zero-order valence-electron chi connectivity index (χ0n) is 17.6. The van der Waals surface area contributed by atoms with Gasteiger partial charge in [0, 0.05) is 36.8 Å². The summed E-state index contributed by atoms with van der Waals surface area (Å²) in [5, 5.41) is 0.563. The Bertz CT molecular complexity index is 950. The zero-order chi connectivity index (χ0) is 23.3. The summed E-state index contributed by atoms with van der Waals surface area (Å²) in [5.74, 6) is -0.768. The largest absolute Gasteiger partial charge is 0.493 e. The molecule has 0 radical (unpaired) electrons. The molecular weight excluding hydrogens is 446 g/mol. The molecule has 0 N–H and O–H groups in total. The highest BCUT2D eigenvalue weighted by atomic mass is 35.5. The number of ether oxygens (including phenoxy) is 3. The Balaban J connectivity index is 1.70. The van der Waals surface area contributed by atoms with Gasteiger partial charge in [0.1, 0.15) is 6.04 Å². The summed E-state index contributed by atoms with van der Waals surface area (Å²) >= 11 is 5.96. The third-order valence-electron chi connectivity index (χ3n) is 5.20. The molecule has 0 spiro atoms. The van der Waals surface area contributed by atoms with Crippen molar-refractivity contribution >= 4 is 23.5 Å². The van der Waals surface area contributed by atoms with Crippen molar-refractivity contribution in [2.24, 2.45) is 0 Å². The van der Waals surface area contributed by atoms with Crippen LogP contribution in [0.2, 0.25) is 5.02 Å². The van der Waals surface area contributed by atoms with Crippen LogP contribution in [0.1, 0.15) is 22.0 Å². The summed E-state index contributed by atoms with van der Waals surface area (Å²) in [6.45, 7) is -1.37. The molecule has 10 heteroatoms. The molecule has 0 saturated carbocycles. The number of esters is 1. The van der Waals surface area contributed by atoms with Crippen LogP contribution >= 0.6 is 11.6 Å². The predicted octanol–water partition coefficient (Wildman–Crippen LogP) is 3.62. The first kappa shape index (κ1) is 23.7. The van der Waals surface area contributed by atoms with Gasteiger partial charge < -0.3 is 19.1 Å². The van der Waals surface area contributed by atoms with Crippen LogP contribution in [0.25, 0.3) is 0 Å². The van der Waals surface area contributed by atoms with Gasteiger partial charge in [-0.2, -0.15) is 8.78 Å². The van der Waals surface area contributed by atoms with E-state index < -0.39 is 18.6 Å².